The van der Waals surface area contributed by atoms with Gasteiger partial charge in [0.15, 0.2) is 0 Å². The largest absolute Gasteiger partial charge is 0.471 e. The molecular formula is C22H21F3N2O3. The van der Waals surface area contributed by atoms with Gasteiger partial charge in [-0.3, -0.25) is 24.2 Å². The number of halogens is 3. The van der Waals surface area contributed by atoms with Gasteiger partial charge in [-0.25, -0.2) is 0 Å². The summed E-state index contributed by atoms with van der Waals surface area (Å²) in [5.41, 5.74) is 0.608. The summed E-state index contributed by atoms with van der Waals surface area (Å²) in [6, 6.07) is 6.27. The zero-order valence-corrected chi connectivity index (χ0v) is 16.3. The van der Waals surface area contributed by atoms with E-state index in [1.165, 1.54) is 12.1 Å². The number of likely N-dealkylation sites (tertiary alicyclic amines) is 1. The third kappa shape index (κ3) is 2.65. The second-order valence-electron chi connectivity index (χ2n) is 8.61. The van der Waals surface area contributed by atoms with E-state index >= 15 is 0 Å². The third-order valence-electron chi connectivity index (χ3n) is 7.19. The summed E-state index contributed by atoms with van der Waals surface area (Å²) in [6.45, 7) is 1.06. The standard InChI is InChI=1S/C22H21F3N2O3/c1-2-11-5-3-4-6-16(11)26(21(30)22(23,24)25)10-27-19(28)17-12-7-8-13(15-9-14(12)15)18(17)20(27)29/h3-8,12-15,17-18H,2,9-10H2,1H3/t12-,13-,14-,15+,17+,18+/m0/s1. The van der Waals surface area contributed by atoms with Gasteiger partial charge >= 0.3 is 12.1 Å². The molecule has 0 N–H and O–H groups in total. The van der Waals surface area contributed by atoms with Gasteiger partial charge in [0, 0.05) is 5.69 Å². The number of carbonyl (C=O) groups is 3. The molecule has 6 rings (SSSR count). The molecule has 0 radical (unpaired) electrons. The molecule has 30 heavy (non-hydrogen) atoms. The summed E-state index contributed by atoms with van der Waals surface area (Å²) >= 11 is 0. The van der Waals surface area contributed by atoms with Gasteiger partial charge in [-0.1, -0.05) is 37.3 Å². The molecule has 0 unspecified atom stereocenters. The average Bonchev–Trinajstić information content (AvgIpc) is 3.51. The molecule has 0 spiro atoms. The maximum atomic E-state index is 13.4. The fourth-order valence-corrected chi connectivity index (χ4v) is 5.78. The predicted octanol–water partition coefficient (Wildman–Crippen LogP) is 3.15. The summed E-state index contributed by atoms with van der Waals surface area (Å²) in [6.07, 6.45) is 0.280. The second kappa shape index (κ2) is 6.43. The van der Waals surface area contributed by atoms with Crippen molar-refractivity contribution in [2.45, 2.75) is 25.9 Å². The first-order valence-electron chi connectivity index (χ1n) is 10.2. The van der Waals surface area contributed by atoms with E-state index in [0.29, 0.717) is 28.7 Å². The van der Waals surface area contributed by atoms with Gasteiger partial charge in [0.1, 0.15) is 6.67 Å². The Morgan fingerprint density at radius 3 is 2.17 bits per heavy atom. The van der Waals surface area contributed by atoms with Crippen LogP contribution in [0.5, 0.6) is 0 Å². The van der Waals surface area contributed by atoms with Gasteiger partial charge in [-0.15, -0.1) is 0 Å². The number of aryl methyl sites for hydroxylation is 1. The minimum absolute atomic E-state index is 0.0267. The highest BCUT2D eigenvalue weighted by atomic mass is 19.4. The molecule has 5 aliphatic rings. The maximum Gasteiger partial charge on any atom is 0.471 e. The van der Waals surface area contributed by atoms with Crippen LogP contribution in [0.25, 0.3) is 0 Å². The molecule has 2 bridgehead atoms. The van der Waals surface area contributed by atoms with Crippen LogP contribution >= 0.6 is 0 Å². The maximum absolute atomic E-state index is 13.4. The number of benzene rings is 1. The lowest BCUT2D eigenvalue weighted by Crippen LogP contribution is -2.49. The first kappa shape index (κ1) is 19.3. The zero-order chi connectivity index (χ0) is 21.4. The Morgan fingerprint density at radius 1 is 1.07 bits per heavy atom. The summed E-state index contributed by atoms with van der Waals surface area (Å²) in [5, 5.41) is 0. The quantitative estimate of drug-likeness (QED) is 0.558. The Hall–Kier alpha value is -2.64. The fourth-order valence-electron chi connectivity index (χ4n) is 5.78. The molecule has 1 saturated heterocycles. The fraction of sp³-hybridized carbons (Fsp3) is 0.500. The molecular weight excluding hydrogens is 397 g/mol. The number of anilines is 1. The van der Waals surface area contributed by atoms with E-state index in [1.807, 2.05) is 12.2 Å². The first-order valence-corrected chi connectivity index (χ1v) is 10.2. The van der Waals surface area contributed by atoms with E-state index < -0.39 is 42.4 Å². The van der Waals surface area contributed by atoms with Crippen molar-refractivity contribution in [1.82, 2.24) is 4.90 Å². The number of rotatable bonds is 4. The van der Waals surface area contributed by atoms with Gasteiger partial charge in [-0.2, -0.15) is 13.2 Å². The highest BCUT2D eigenvalue weighted by Crippen LogP contribution is 2.65. The van der Waals surface area contributed by atoms with Gasteiger partial charge in [0.05, 0.1) is 11.8 Å². The Balaban J connectivity index is 1.49. The number of imide groups is 1. The lowest BCUT2D eigenvalue weighted by atomic mass is 9.63. The van der Waals surface area contributed by atoms with Crippen LogP contribution in [-0.2, 0) is 20.8 Å². The Kier molecular flexibility index (Phi) is 4.14. The van der Waals surface area contributed by atoms with Crippen molar-refractivity contribution in [3.05, 3.63) is 42.0 Å². The molecule has 1 heterocycles. The summed E-state index contributed by atoms with van der Waals surface area (Å²) in [5.74, 6) is -3.28. The number of allylic oxidation sites excluding steroid dienone is 2. The van der Waals surface area contributed by atoms with Crippen molar-refractivity contribution in [3.63, 3.8) is 0 Å². The molecule has 6 atom stereocenters. The van der Waals surface area contributed by atoms with Crippen molar-refractivity contribution < 1.29 is 27.6 Å². The molecule has 1 aromatic carbocycles. The summed E-state index contributed by atoms with van der Waals surface area (Å²) in [4.78, 5) is 40.0. The third-order valence-corrected chi connectivity index (χ3v) is 7.19. The van der Waals surface area contributed by atoms with Crippen molar-refractivity contribution in [2.24, 2.45) is 35.5 Å². The van der Waals surface area contributed by atoms with Crippen LogP contribution in [0, 0.1) is 35.5 Å². The van der Waals surface area contributed by atoms with E-state index in [2.05, 4.69) is 0 Å². The topological polar surface area (TPSA) is 57.7 Å². The van der Waals surface area contributed by atoms with E-state index in [4.69, 9.17) is 0 Å². The Labute approximate surface area is 171 Å². The van der Waals surface area contributed by atoms with Gasteiger partial charge in [-0.05, 0) is 48.1 Å². The van der Waals surface area contributed by atoms with Crippen LogP contribution in [0.2, 0.25) is 0 Å². The molecule has 1 aromatic rings. The summed E-state index contributed by atoms with van der Waals surface area (Å²) in [7, 11) is 0. The van der Waals surface area contributed by atoms with Crippen LogP contribution < -0.4 is 4.90 Å². The monoisotopic (exact) mass is 418 g/mol. The number of nitrogens with zero attached hydrogens (tertiary/aromatic N) is 2. The van der Waals surface area contributed by atoms with E-state index in [0.717, 1.165) is 11.3 Å². The molecule has 3 fully saturated rings. The Bertz CT molecular complexity index is 937. The summed E-state index contributed by atoms with van der Waals surface area (Å²) < 4.78 is 40.2. The predicted molar refractivity (Wildman–Crippen MR) is 101 cm³/mol. The van der Waals surface area contributed by atoms with E-state index in [-0.39, 0.29) is 17.5 Å². The number of para-hydroxylation sites is 1. The van der Waals surface area contributed by atoms with Crippen molar-refractivity contribution in [2.75, 3.05) is 11.6 Å². The molecule has 0 aromatic heterocycles. The number of carbonyl (C=O) groups excluding carboxylic acids is 3. The minimum Gasteiger partial charge on any atom is -0.286 e. The molecule has 2 saturated carbocycles. The number of amides is 3. The number of alkyl halides is 3. The van der Waals surface area contributed by atoms with Gasteiger partial charge < -0.3 is 0 Å². The highest BCUT2D eigenvalue weighted by molar-refractivity contribution is 6.07. The smallest absolute Gasteiger partial charge is 0.286 e. The number of hydrogen-bond donors (Lipinski definition) is 0. The zero-order valence-electron chi connectivity index (χ0n) is 16.3. The molecule has 1 aliphatic heterocycles. The normalized spacial score (nSPS) is 33.5. The Morgan fingerprint density at radius 2 is 1.63 bits per heavy atom. The van der Waals surface area contributed by atoms with E-state index in [1.54, 1.807) is 19.1 Å². The van der Waals surface area contributed by atoms with Crippen LogP contribution in [0.15, 0.2) is 36.4 Å². The molecule has 3 amide bonds. The van der Waals surface area contributed by atoms with E-state index in [9.17, 15) is 27.6 Å². The van der Waals surface area contributed by atoms with Crippen molar-refractivity contribution in [1.29, 1.82) is 0 Å². The molecule has 8 heteroatoms. The van der Waals surface area contributed by atoms with Crippen molar-refractivity contribution in [3.8, 4) is 0 Å². The van der Waals surface area contributed by atoms with Crippen LogP contribution in [-0.4, -0.2) is 35.5 Å². The minimum atomic E-state index is -5.12. The van der Waals surface area contributed by atoms with Crippen LogP contribution in [0.1, 0.15) is 18.9 Å². The first-order chi connectivity index (χ1) is 14.2. The van der Waals surface area contributed by atoms with Crippen LogP contribution in [0.3, 0.4) is 0 Å². The lowest BCUT2D eigenvalue weighted by molar-refractivity contribution is -0.171. The van der Waals surface area contributed by atoms with Gasteiger partial charge in [0.2, 0.25) is 11.8 Å². The molecule has 158 valence electrons. The lowest BCUT2D eigenvalue weighted by Gasteiger charge is -2.37. The van der Waals surface area contributed by atoms with Crippen molar-refractivity contribution >= 4 is 23.4 Å². The molecule has 5 nitrogen and oxygen atoms in total. The average molecular weight is 418 g/mol. The molecule has 4 aliphatic carbocycles. The SMILES string of the molecule is CCc1ccccc1N(CN1C(=O)[C@@H]2[C@H]3C=C[C@@H]([C@@H]4C[C@H]34)[C@H]2C1=O)C(=O)C(F)(F)F. The van der Waals surface area contributed by atoms with Gasteiger partial charge in [0.25, 0.3) is 0 Å². The van der Waals surface area contributed by atoms with Crippen LogP contribution in [0.4, 0.5) is 18.9 Å². The second-order valence-corrected chi connectivity index (χ2v) is 8.61. The highest BCUT2D eigenvalue weighted by Gasteiger charge is 2.67. The number of hydrogen-bond acceptors (Lipinski definition) is 3.